The minimum absolute atomic E-state index is 0.00326. The van der Waals surface area contributed by atoms with Crippen LogP contribution in [0.25, 0.3) is 0 Å². The Morgan fingerprint density at radius 2 is 1.95 bits per heavy atom. The number of hydrogen-bond donors (Lipinski definition) is 3. The molecule has 1 aromatic carbocycles. The fourth-order valence-electron chi connectivity index (χ4n) is 1.82. The number of hydrogen-bond acceptors (Lipinski definition) is 4. The Morgan fingerprint density at radius 3 is 2.45 bits per heavy atom. The Morgan fingerprint density at radius 1 is 1.35 bits per heavy atom. The molecule has 2 rings (SSSR count). The number of carbonyl (C=O) groups is 1. The number of carboxylic acids is 1. The summed E-state index contributed by atoms with van der Waals surface area (Å²) in [5.41, 5.74) is 0.698. The van der Waals surface area contributed by atoms with Gasteiger partial charge < -0.3 is 10.4 Å². The van der Waals surface area contributed by atoms with Crippen LogP contribution < -0.4 is 10.0 Å². The first-order valence-electron chi connectivity index (χ1n) is 6.47. The van der Waals surface area contributed by atoms with Crippen molar-refractivity contribution >= 4 is 21.7 Å². The van der Waals surface area contributed by atoms with E-state index in [9.17, 15) is 13.2 Å². The summed E-state index contributed by atoms with van der Waals surface area (Å²) in [6, 6.07) is 6.16. The second-order valence-corrected chi connectivity index (χ2v) is 6.78. The molecular weight excluding hydrogens is 280 g/mol. The fourth-order valence-corrected chi connectivity index (χ4v) is 3.12. The van der Waals surface area contributed by atoms with Crippen LogP contribution >= 0.6 is 0 Å². The molecule has 1 aromatic rings. The lowest BCUT2D eigenvalue weighted by atomic mass is 10.2. The van der Waals surface area contributed by atoms with Crippen LogP contribution in [-0.4, -0.2) is 31.6 Å². The van der Waals surface area contributed by atoms with Crippen molar-refractivity contribution in [2.45, 2.75) is 43.2 Å². The molecular formula is C13H18N2O4S. The van der Waals surface area contributed by atoms with Gasteiger partial charge in [0.15, 0.2) is 0 Å². The quantitative estimate of drug-likeness (QED) is 0.707. The molecule has 1 aliphatic carbocycles. The summed E-state index contributed by atoms with van der Waals surface area (Å²) in [4.78, 5) is 10.8. The number of carboxylic acid groups (broad SMARTS) is 1. The predicted octanol–water partition coefficient (Wildman–Crippen LogP) is 1.40. The topological polar surface area (TPSA) is 95.5 Å². The molecule has 1 aliphatic rings. The number of benzene rings is 1. The highest BCUT2D eigenvalue weighted by atomic mass is 32.2. The van der Waals surface area contributed by atoms with Crippen molar-refractivity contribution in [3.63, 3.8) is 0 Å². The molecule has 0 heterocycles. The van der Waals surface area contributed by atoms with Crippen LogP contribution in [0.5, 0.6) is 0 Å². The van der Waals surface area contributed by atoms with Crippen LogP contribution in [0.4, 0.5) is 5.69 Å². The van der Waals surface area contributed by atoms with Crippen LogP contribution in [0.1, 0.15) is 26.2 Å². The van der Waals surface area contributed by atoms with Crippen LogP contribution in [0, 0.1) is 0 Å². The lowest BCUT2D eigenvalue weighted by molar-refractivity contribution is -0.137. The van der Waals surface area contributed by atoms with E-state index in [1.54, 1.807) is 19.1 Å². The number of aliphatic carboxylic acids is 1. The Hall–Kier alpha value is -1.60. The minimum Gasteiger partial charge on any atom is -0.481 e. The van der Waals surface area contributed by atoms with Gasteiger partial charge in [0.2, 0.25) is 10.0 Å². The zero-order valence-corrected chi connectivity index (χ0v) is 12.0. The zero-order chi connectivity index (χ0) is 14.8. The Labute approximate surface area is 118 Å². The second kappa shape index (κ2) is 5.80. The van der Waals surface area contributed by atoms with Crippen LogP contribution in [0.3, 0.4) is 0 Å². The van der Waals surface area contributed by atoms with Crippen molar-refractivity contribution in [3.8, 4) is 0 Å². The van der Waals surface area contributed by atoms with Gasteiger partial charge >= 0.3 is 5.97 Å². The van der Waals surface area contributed by atoms with Crippen molar-refractivity contribution < 1.29 is 18.3 Å². The van der Waals surface area contributed by atoms with E-state index in [2.05, 4.69) is 10.0 Å². The maximum Gasteiger partial charge on any atom is 0.305 e. The van der Waals surface area contributed by atoms with Gasteiger partial charge in [0.05, 0.1) is 11.3 Å². The Bertz CT molecular complexity index is 579. The molecule has 3 N–H and O–H groups in total. The van der Waals surface area contributed by atoms with Gasteiger partial charge in [-0.15, -0.1) is 0 Å². The average molecular weight is 298 g/mol. The van der Waals surface area contributed by atoms with Crippen LogP contribution in [-0.2, 0) is 14.8 Å². The van der Waals surface area contributed by atoms with Crippen molar-refractivity contribution in [2.24, 2.45) is 0 Å². The SMILES string of the molecule is CC(CC(=O)O)Nc1ccc(S(=O)(=O)NC2CC2)cc1. The number of anilines is 1. The molecule has 1 saturated carbocycles. The monoisotopic (exact) mass is 298 g/mol. The first-order chi connectivity index (χ1) is 9.37. The normalized spacial score (nSPS) is 16.6. The Balaban J connectivity index is 2.00. The maximum atomic E-state index is 12.0. The third kappa shape index (κ3) is 4.21. The summed E-state index contributed by atoms with van der Waals surface area (Å²) in [7, 11) is -3.43. The summed E-state index contributed by atoms with van der Waals surface area (Å²) in [5.74, 6) is -0.877. The van der Waals surface area contributed by atoms with E-state index in [1.165, 1.54) is 12.1 Å². The van der Waals surface area contributed by atoms with Gasteiger partial charge in [0.1, 0.15) is 0 Å². The standard InChI is InChI=1S/C13H18N2O4S/c1-9(8-13(16)17)14-10-4-6-12(7-5-10)20(18,19)15-11-2-3-11/h4-7,9,11,14-15H,2-3,8H2,1H3,(H,16,17). The first kappa shape index (κ1) is 14.8. The van der Waals surface area contributed by atoms with Gasteiger partial charge in [-0.05, 0) is 44.0 Å². The fraction of sp³-hybridized carbons (Fsp3) is 0.462. The van der Waals surface area contributed by atoms with Gasteiger partial charge in [0.25, 0.3) is 0 Å². The lowest BCUT2D eigenvalue weighted by Crippen LogP contribution is -2.25. The molecule has 0 radical (unpaired) electrons. The van der Waals surface area contributed by atoms with Gasteiger partial charge in [0, 0.05) is 17.8 Å². The molecule has 6 nitrogen and oxygen atoms in total. The third-order valence-corrected chi connectivity index (χ3v) is 4.49. The largest absolute Gasteiger partial charge is 0.481 e. The van der Waals surface area contributed by atoms with Crippen LogP contribution in [0.15, 0.2) is 29.2 Å². The molecule has 110 valence electrons. The summed E-state index contributed by atoms with van der Waals surface area (Å²) >= 11 is 0. The number of nitrogens with one attached hydrogen (secondary N) is 2. The molecule has 20 heavy (non-hydrogen) atoms. The molecule has 1 unspecified atom stereocenters. The highest BCUT2D eigenvalue weighted by Gasteiger charge is 2.27. The summed E-state index contributed by atoms with van der Waals surface area (Å²) in [6.07, 6.45) is 1.79. The zero-order valence-electron chi connectivity index (χ0n) is 11.2. The lowest BCUT2D eigenvalue weighted by Gasteiger charge is -2.13. The van der Waals surface area contributed by atoms with Crippen molar-refractivity contribution in [1.29, 1.82) is 0 Å². The molecule has 7 heteroatoms. The highest BCUT2D eigenvalue weighted by Crippen LogP contribution is 2.23. The molecule has 0 bridgehead atoms. The van der Waals surface area contributed by atoms with E-state index in [0.717, 1.165) is 12.8 Å². The molecule has 0 saturated heterocycles. The second-order valence-electron chi connectivity index (χ2n) is 5.06. The average Bonchev–Trinajstić information content (AvgIpc) is 3.11. The smallest absolute Gasteiger partial charge is 0.305 e. The van der Waals surface area contributed by atoms with Crippen LogP contribution in [0.2, 0.25) is 0 Å². The maximum absolute atomic E-state index is 12.0. The summed E-state index contributed by atoms with van der Waals surface area (Å²) in [6.45, 7) is 1.76. The van der Waals surface area contributed by atoms with E-state index in [-0.39, 0.29) is 23.4 Å². The first-order valence-corrected chi connectivity index (χ1v) is 7.96. The molecule has 0 aliphatic heterocycles. The van der Waals surface area contributed by atoms with E-state index in [1.807, 2.05) is 0 Å². The minimum atomic E-state index is -3.43. The molecule has 0 spiro atoms. The van der Waals surface area contributed by atoms with Gasteiger partial charge in [-0.1, -0.05) is 0 Å². The number of rotatable bonds is 7. The molecule has 0 aromatic heterocycles. The van der Waals surface area contributed by atoms with E-state index < -0.39 is 16.0 Å². The van der Waals surface area contributed by atoms with Crippen molar-refractivity contribution in [1.82, 2.24) is 4.72 Å². The van der Waals surface area contributed by atoms with Crippen molar-refractivity contribution in [3.05, 3.63) is 24.3 Å². The number of sulfonamides is 1. The highest BCUT2D eigenvalue weighted by molar-refractivity contribution is 7.89. The van der Waals surface area contributed by atoms with E-state index in [4.69, 9.17) is 5.11 Å². The van der Waals surface area contributed by atoms with Gasteiger partial charge in [-0.2, -0.15) is 0 Å². The Kier molecular flexibility index (Phi) is 4.29. The summed E-state index contributed by atoms with van der Waals surface area (Å²) in [5, 5.41) is 11.7. The molecule has 0 amide bonds. The van der Waals surface area contributed by atoms with E-state index >= 15 is 0 Å². The molecule has 1 fully saturated rings. The van der Waals surface area contributed by atoms with E-state index in [0.29, 0.717) is 5.69 Å². The summed E-state index contributed by atoms with van der Waals surface area (Å²) < 4.78 is 26.5. The van der Waals surface area contributed by atoms with Gasteiger partial charge in [-0.3, -0.25) is 4.79 Å². The predicted molar refractivity (Wildman–Crippen MR) is 75.1 cm³/mol. The molecule has 1 atom stereocenters. The van der Waals surface area contributed by atoms with Crippen molar-refractivity contribution in [2.75, 3.05) is 5.32 Å². The van der Waals surface area contributed by atoms with Gasteiger partial charge in [-0.25, -0.2) is 13.1 Å². The third-order valence-electron chi connectivity index (χ3n) is 2.96.